The maximum absolute atomic E-state index is 12.4. The van der Waals surface area contributed by atoms with Gasteiger partial charge in [-0.3, -0.25) is 18.7 Å². The molecule has 0 aliphatic heterocycles. The van der Waals surface area contributed by atoms with Crippen LogP contribution in [0.25, 0.3) is 11.0 Å². The molecule has 0 saturated heterocycles. The minimum absolute atomic E-state index is 0.185. The number of fused-ring (bicyclic) bond motifs is 1. The number of anilines is 1. The maximum Gasteiger partial charge on any atom is 0.338 e. The van der Waals surface area contributed by atoms with Crippen molar-refractivity contribution in [2.24, 2.45) is 14.1 Å². The number of carbonyl (C=O) groups excluding carboxylic acids is 2. The lowest BCUT2D eigenvalue weighted by Gasteiger charge is -2.11. The van der Waals surface area contributed by atoms with Crippen LogP contribution in [0.5, 0.6) is 0 Å². The Labute approximate surface area is 157 Å². The number of carbonyl (C=O) groups is 2. The number of nitrogen functional groups attached to an aromatic ring is 1. The van der Waals surface area contributed by atoms with Gasteiger partial charge >= 0.3 is 11.7 Å². The molecule has 0 atom stereocenters. The predicted molar refractivity (Wildman–Crippen MR) is 99.2 cm³/mol. The van der Waals surface area contributed by atoms with Gasteiger partial charge in [0.15, 0.2) is 6.61 Å². The molecular weight excluding hydrogens is 368 g/mol. The van der Waals surface area contributed by atoms with E-state index in [1.807, 2.05) is 6.92 Å². The highest BCUT2D eigenvalue weighted by Crippen LogP contribution is 2.14. The maximum atomic E-state index is 12.4. The van der Waals surface area contributed by atoms with Crippen molar-refractivity contribution in [2.75, 3.05) is 12.3 Å². The Kier molecular flexibility index (Phi) is 4.82. The van der Waals surface area contributed by atoms with Gasteiger partial charge in [0.1, 0.15) is 16.9 Å². The van der Waals surface area contributed by atoms with E-state index in [9.17, 15) is 19.2 Å². The largest absolute Gasteiger partial charge is 0.454 e. The Morgan fingerprint density at radius 1 is 1.18 bits per heavy atom. The standard InChI is InChI=1S/C17H18N6O5/c1-4-23-11-6-5-9(7-10(11)19-20-23)16(26)28-8-12(24)13-14(18)21(2)17(27)22(3)15(13)25/h5-7H,4,8,18H2,1-3H3. The molecule has 0 aliphatic carbocycles. The lowest BCUT2D eigenvalue weighted by Crippen LogP contribution is -2.42. The minimum Gasteiger partial charge on any atom is -0.454 e. The normalized spacial score (nSPS) is 11.0. The van der Waals surface area contributed by atoms with Gasteiger partial charge < -0.3 is 10.5 Å². The molecular formula is C17H18N6O5. The van der Waals surface area contributed by atoms with Gasteiger partial charge in [-0.15, -0.1) is 5.10 Å². The summed E-state index contributed by atoms with van der Waals surface area (Å²) >= 11 is 0. The lowest BCUT2D eigenvalue weighted by atomic mass is 10.2. The number of ether oxygens (including phenoxy) is 1. The molecule has 0 amide bonds. The van der Waals surface area contributed by atoms with Crippen LogP contribution in [0.3, 0.4) is 0 Å². The first-order valence-corrected chi connectivity index (χ1v) is 8.35. The predicted octanol–water partition coefficient (Wildman–Crippen LogP) is -0.529. The fraction of sp³-hybridized carbons (Fsp3) is 0.294. The van der Waals surface area contributed by atoms with E-state index in [0.717, 1.165) is 14.7 Å². The van der Waals surface area contributed by atoms with E-state index < -0.39 is 35.2 Å². The highest BCUT2D eigenvalue weighted by molar-refractivity contribution is 6.02. The van der Waals surface area contributed by atoms with E-state index in [0.29, 0.717) is 12.1 Å². The lowest BCUT2D eigenvalue weighted by molar-refractivity contribution is 0.0474. The van der Waals surface area contributed by atoms with E-state index in [-0.39, 0.29) is 11.4 Å². The smallest absolute Gasteiger partial charge is 0.338 e. The van der Waals surface area contributed by atoms with Crippen LogP contribution in [-0.4, -0.2) is 42.5 Å². The van der Waals surface area contributed by atoms with Crippen molar-refractivity contribution in [1.82, 2.24) is 24.1 Å². The average Bonchev–Trinajstić information content (AvgIpc) is 3.11. The van der Waals surface area contributed by atoms with E-state index in [1.165, 1.54) is 26.2 Å². The zero-order chi connectivity index (χ0) is 20.6. The van der Waals surface area contributed by atoms with E-state index in [2.05, 4.69) is 10.3 Å². The summed E-state index contributed by atoms with van der Waals surface area (Å²) in [5.74, 6) is -1.85. The summed E-state index contributed by atoms with van der Waals surface area (Å²) in [7, 11) is 2.56. The number of hydrogen-bond acceptors (Lipinski definition) is 8. The molecule has 0 saturated carbocycles. The summed E-state index contributed by atoms with van der Waals surface area (Å²) in [6.07, 6.45) is 0. The Morgan fingerprint density at radius 3 is 2.57 bits per heavy atom. The van der Waals surface area contributed by atoms with Gasteiger partial charge in [-0.25, -0.2) is 14.3 Å². The van der Waals surface area contributed by atoms with Crippen molar-refractivity contribution < 1.29 is 14.3 Å². The van der Waals surface area contributed by atoms with Crippen LogP contribution in [0.15, 0.2) is 27.8 Å². The van der Waals surface area contributed by atoms with Gasteiger partial charge in [0, 0.05) is 20.6 Å². The molecule has 11 heteroatoms. The van der Waals surface area contributed by atoms with Gasteiger partial charge in [0.05, 0.1) is 11.1 Å². The third-order valence-corrected chi connectivity index (χ3v) is 4.37. The molecule has 3 rings (SSSR count). The van der Waals surface area contributed by atoms with E-state index >= 15 is 0 Å². The number of rotatable bonds is 5. The molecule has 2 aromatic heterocycles. The van der Waals surface area contributed by atoms with E-state index in [4.69, 9.17) is 10.5 Å². The first-order chi connectivity index (χ1) is 13.3. The molecule has 0 unspecified atom stereocenters. The number of ketones is 1. The fourth-order valence-electron chi connectivity index (χ4n) is 2.74. The van der Waals surface area contributed by atoms with Gasteiger partial charge in [0.2, 0.25) is 5.78 Å². The van der Waals surface area contributed by atoms with Crippen LogP contribution in [0, 0.1) is 0 Å². The summed E-state index contributed by atoms with van der Waals surface area (Å²) in [6, 6.07) is 4.71. The molecule has 0 bridgehead atoms. The quantitative estimate of drug-likeness (QED) is 0.455. The Hall–Kier alpha value is -3.76. The van der Waals surface area contributed by atoms with Gasteiger partial charge in [-0.05, 0) is 25.1 Å². The Bertz CT molecular complexity index is 1220. The van der Waals surface area contributed by atoms with Crippen LogP contribution in [0.1, 0.15) is 27.6 Å². The van der Waals surface area contributed by atoms with E-state index in [1.54, 1.807) is 10.7 Å². The molecule has 1 aromatic carbocycles. The van der Waals surface area contributed by atoms with Crippen LogP contribution in [0.2, 0.25) is 0 Å². The van der Waals surface area contributed by atoms with Crippen molar-refractivity contribution in [3.05, 3.63) is 50.2 Å². The second-order valence-corrected chi connectivity index (χ2v) is 6.07. The van der Waals surface area contributed by atoms with Crippen molar-refractivity contribution in [3.8, 4) is 0 Å². The highest BCUT2D eigenvalue weighted by Gasteiger charge is 2.22. The second-order valence-electron chi connectivity index (χ2n) is 6.07. The van der Waals surface area contributed by atoms with Crippen LogP contribution >= 0.6 is 0 Å². The Balaban J connectivity index is 1.81. The minimum atomic E-state index is -0.848. The number of benzene rings is 1. The molecule has 3 aromatic rings. The second kappa shape index (κ2) is 7.10. The van der Waals surface area contributed by atoms with Crippen molar-refractivity contribution in [2.45, 2.75) is 13.5 Å². The first kappa shape index (κ1) is 19.0. The number of esters is 1. The molecule has 0 aliphatic rings. The summed E-state index contributed by atoms with van der Waals surface area (Å²) in [5, 5.41) is 7.92. The summed E-state index contributed by atoms with van der Waals surface area (Å²) in [5.41, 5.74) is 5.26. The van der Waals surface area contributed by atoms with Crippen LogP contribution in [-0.2, 0) is 25.4 Å². The zero-order valence-electron chi connectivity index (χ0n) is 15.5. The molecule has 2 N–H and O–H groups in total. The van der Waals surface area contributed by atoms with Gasteiger partial charge in [-0.2, -0.15) is 0 Å². The molecule has 146 valence electrons. The van der Waals surface area contributed by atoms with Crippen molar-refractivity contribution in [1.29, 1.82) is 0 Å². The SMILES string of the molecule is CCn1nnc2cc(C(=O)OCC(=O)c3c(N)n(C)c(=O)n(C)c3=O)ccc21. The topological polar surface area (TPSA) is 144 Å². The Morgan fingerprint density at radius 2 is 1.89 bits per heavy atom. The number of aromatic nitrogens is 5. The molecule has 11 nitrogen and oxygen atoms in total. The summed E-state index contributed by atoms with van der Waals surface area (Å²) in [4.78, 5) is 48.6. The monoisotopic (exact) mass is 386 g/mol. The molecule has 2 heterocycles. The molecule has 28 heavy (non-hydrogen) atoms. The first-order valence-electron chi connectivity index (χ1n) is 8.35. The van der Waals surface area contributed by atoms with Crippen molar-refractivity contribution >= 4 is 28.6 Å². The van der Waals surface area contributed by atoms with Crippen LogP contribution < -0.4 is 17.0 Å². The summed E-state index contributed by atoms with van der Waals surface area (Å²) in [6.45, 7) is 1.85. The van der Waals surface area contributed by atoms with Gasteiger partial charge in [0.25, 0.3) is 5.56 Å². The number of Topliss-reactive ketones (excluding diaryl/α,β-unsaturated/α-hetero) is 1. The molecule has 0 radical (unpaired) electrons. The van der Waals surface area contributed by atoms with Crippen molar-refractivity contribution in [3.63, 3.8) is 0 Å². The summed E-state index contributed by atoms with van der Waals surface area (Å²) < 4.78 is 8.42. The zero-order valence-corrected chi connectivity index (χ0v) is 15.5. The number of hydrogen-bond donors (Lipinski definition) is 1. The van der Waals surface area contributed by atoms with Gasteiger partial charge in [-0.1, -0.05) is 5.21 Å². The number of nitrogens with zero attached hydrogens (tertiary/aromatic N) is 5. The highest BCUT2D eigenvalue weighted by atomic mass is 16.5. The average molecular weight is 386 g/mol. The van der Waals surface area contributed by atoms with Crippen LogP contribution in [0.4, 0.5) is 5.82 Å². The molecule has 0 spiro atoms. The third-order valence-electron chi connectivity index (χ3n) is 4.37. The number of aryl methyl sites for hydroxylation is 1. The fourth-order valence-corrected chi connectivity index (χ4v) is 2.74. The molecule has 0 fully saturated rings. The number of nitrogens with two attached hydrogens (primary N) is 1. The third kappa shape index (κ3) is 3.06.